The van der Waals surface area contributed by atoms with Crippen LogP contribution in [0.15, 0.2) is 18.0 Å². The average molecular weight is 268 g/mol. The molecule has 1 heterocycles. The van der Waals surface area contributed by atoms with Gasteiger partial charge in [0.05, 0.1) is 5.38 Å². The van der Waals surface area contributed by atoms with Crippen molar-refractivity contribution < 1.29 is 0 Å². The molecule has 0 saturated heterocycles. The van der Waals surface area contributed by atoms with Crippen LogP contribution in [0, 0.1) is 5.41 Å². The molecule has 0 bridgehead atoms. The van der Waals surface area contributed by atoms with Gasteiger partial charge < -0.3 is 0 Å². The molecule has 1 atom stereocenters. The first-order chi connectivity index (χ1) is 8.37. The number of rotatable bonds is 3. The highest BCUT2D eigenvalue weighted by Crippen LogP contribution is 2.38. The van der Waals surface area contributed by atoms with Crippen molar-refractivity contribution in [3.63, 3.8) is 0 Å². The van der Waals surface area contributed by atoms with Crippen molar-refractivity contribution in [2.45, 2.75) is 58.4 Å². The predicted octanol–water partition coefficient (Wildman–Crippen LogP) is 3.76. The normalized spacial score (nSPS) is 23.2. The van der Waals surface area contributed by atoms with Gasteiger partial charge in [0, 0.05) is 12.5 Å². The minimum absolute atomic E-state index is 0.152. The van der Waals surface area contributed by atoms with Gasteiger partial charge in [0.2, 0.25) is 0 Å². The molecule has 0 radical (unpaired) electrons. The zero-order valence-electron chi connectivity index (χ0n) is 11.7. The molecule has 0 N–H and O–H groups in total. The molecule has 1 unspecified atom stereocenters. The van der Waals surface area contributed by atoms with E-state index in [0.29, 0.717) is 11.5 Å². The maximum absolute atomic E-state index is 6.32. The van der Waals surface area contributed by atoms with Crippen LogP contribution in [-0.4, -0.2) is 20.1 Å². The topological polar surface area (TPSA) is 30.7 Å². The summed E-state index contributed by atoms with van der Waals surface area (Å²) in [4.78, 5) is 4.37. The molecule has 0 amide bonds. The summed E-state index contributed by atoms with van der Waals surface area (Å²) in [5, 5.41) is 4.43. The summed E-state index contributed by atoms with van der Waals surface area (Å²) in [7, 11) is 0. The van der Waals surface area contributed by atoms with Gasteiger partial charge in [0.25, 0.3) is 0 Å². The molecule has 0 spiro atoms. The fourth-order valence-corrected chi connectivity index (χ4v) is 3.34. The third kappa shape index (κ3) is 3.14. The van der Waals surface area contributed by atoms with E-state index in [1.165, 1.54) is 5.57 Å². The van der Waals surface area contributed by atoms with Crippen molar-refractivity contribution in [3.05, 3.63) is 23.8 Å². The summed E-state index contributed by atoms with van der Waals surface area (Å²) < 4.78 is 1.99. The third-order valence-electron chi connectivity index (χ3n) is 3.39. The fraction of sp³-hybridized carbons (Fsp3) is 0.714. The number of allylic oxidation sites excluding steroid dienone is 2. The maximum atomic E-state index is 6.32. The van der Waals surface area contributed by atoms with E-state index in [0.717, 1.165) is 25.1 Å². The number of nitrogens with zero attached hydrogens (tertiary/aromatic N) is 3. The molecule has 2 rings (SSSR count). The number of alkyl halides is 1. The van der Waals surface area contributed by atoms with Crippen LogP contribution in [0.4, 0.5) is 0 Å². The molecular weight excluding hydrogens is 246 g/mol. The van der Waals surface area contributed by atoms with E-state index in [2.05, 4.69) is 43.9 Å². The molecule has 1 aromatic rings. The molecule has 0 saturated carbocycles. The Morgan fingerprint density at radius 1 is 1.50 bits per heavy atom. The van der Waals surface area contributed by atoms with Gasteiger partial charge in [-0.25, -0.2) is 9.67 Å². The lowest BCUT2D eigenvalue weighted by molar-refractivity contribution is 0.319. The highest BCUT2D eigenvalue weighted by atomic mass is 35.5. The van der Waals surface area contributed by atoms with Crippen LogP contribution in [0.5, 0.6) is 0 Å². The Morgan fingerprint density at radius 2 is 2.22 bits per heavy atom. The number of hydrogen-bond donors (Lipinski definition) is 0. The van der Waals surface area contributed by atoms with Gasteiger partial charge in [-0.05, 0) is 32.1 Å². The first kappa shape index (κ1) is 13.6. The molecule has 0 fully saturated rings. The monoisotopic (exact) mass is 267 g/mol. The highest BCUT2D eigenvalue weighted by molar-refractivity contribution is 6.21. The molecule has 3 nitrogen and oxygen atoms in total. The van der Waals surface area contributed by atoms with Crippen molar-refractivity contribution in [2.75, 3.05) is 0 Å². The smallest absolute Gasteiger partial charge is 0.138 e. The Hall–Kier alpha value is -0.830. The van der Waals surface area contributed by atoms with Crippen LogP contribution in [0.2, 0.25) is 0 Å². The molecule has 0 aliphatic heterocycles. The summed E-state index contributed by atoms with van der Waals surface area (Å²) in [5.74, 6) is 1.04. The Balaban J connectivity index is 2.16. The molecule has 1 aliphatic rings. The summed E-state index contributed by atoms with van der Waals surface area (Å²) >= 11 is 6.32. The number of aromatic nitrogens is 3. The van der Waals surface area contributed by atoms with Crippen molar-refractivity contribution in [1.29, 1.82) is 0 Å². The van der Waals surface area contributed by atoms with Crippen LogP contribution < -0.4 is 0 Å². The molecule has 1 aliphatic carbocycles. The summed E-state index contributed by atoms with van der Waals surface area (Å²) in [6, 6.07) is 0.353. The second kappa shape index (κ2) is 5.04. The van der Waals surface area contributed by atoms with Gasteiger partial charge in [0.15, 0.2) is 0 Å². The van der Waals surface area contributed by atoms with E-state index in [1.54, 1.807) is 6.33 Å². The lowest BCUT2D eigenvalue weighted by atomic mass is 9.76. The van der Waals surface area contributed by atoms with E-state index >= 15 is 0 Å². The van der Waals surface area contributed by atoms with E-state index in [1.807, 2.05) is 4.68 Å². The lowest BCUT2D eigenvalue weighted by Gasteiger charge is -2.32. The van der Waals surface area contributed by atoms with Crippen molar-refractivity contribution in [3.8, 4) is 0 Å². The zero-order chi connectivity index (χ0) is 13.3. The first-order valence-corrected chi connectivity index (χ1v) is 7.03. The second-order valence-electron chi connectivity index (χ2n) is 6.28. The minimum Gasteiger partial charge on any atom is -0.247 e. The molecule has 100 valence electrons. The van der Waals surface area contributed by atoms with Crippen LogP contribution in [-0.2, 0) is 6.42 Å². The van der Waals surface area contributed by atoms with E-state index in [-0.39, 0.29) is 5.38 Å². The Kier molecular flexibility index (Phi) is 3.81. The highest BCUT2D eigenvalue weighted by Gasteiger charge is 2.28. The summed E-state index contributed by atoms with van der Waals surface area (Å²) in [6.07, 6.45) is 6.86. The van der Waals surface area contributed by atoms with Gasteiger partial charge in [-0.15, -0.1) is 11.6 Å². The van der Waals surface area contributed by atoms with Crippen LogP contribution in [0.1, 0.15) is 52.4 Å². The third-order valence-corrected chi connectivity index (χ3v) is 3.67. The number of hydrogen-bond acceptors (Lipinski definition) is 2. The molecule has 4 heteroatoms. The van der Waals surface area contributed by atoms with Crippen molar-refractivity contribution >= 4 is 11.6 Å². The van der Waals surface area contributed by atoms with Crippen LogP contribution in [0.25, 0.3) is 0 Å². The van der Waals surface area contributed by atoms with Gasteiger partial charge in [-0.1, -0.05) is 25.5 Å². The quantitative estimate of drug-likeness (QED) is 0.617. The first-order valence-electron chi connectivity index (χ1n) is 6.59. The van der Waals surface area contributed by atoms with Crippen molar-refractivity contribution in [1.82, 2.24) is 14.8 Å². The molecular formula is C14H22ClN3. The average Bonchev–Trinajstić information content (AvgIpc) is 2.62. The summed E-state index contributed by atoms with van der Waals surface area (Å²) in [5.41, 5.74) is 1.68. The van der Waals surface area contributed by atoms with E-state index in [4.69, 9.17) is 11.6 Å². The van der Waals surface area contributed by atoms with Gasteiger partial charge in [-0.2, -0.15) is 5.10 Å². The van der Waals surface area contributed by atoms with Crippen LogP contribution >= 0.6 is 11.6 Å². The Bertz CT molecular complexity index is 446. The minimum atomic E-state index is 0.152. The second-order valence-corrected chi connectivity index (χ2v) is 6.84. The van der Waals surface area contributed by atoms with Crippen molar-refractivity contribution in [2.24, 2.45) is 5.41 Å². The zero-order valence-corrected chi connectivity index (χ0v) is 12.4. The molecule has 0 aromatic carbocycles. The van der Waals surface area contributed by atoms with E-state index in [9.17, 15) is 0 Å². The van der Waals surface area contributed by atoms with Gasteiger partial charge >= 0.3 is 0 Å². The van der Waals surface area contributed by atoms with Gasteiger partial charge in [-0.3, -0.25) is 0 Å². The molecule has 1 aromatic heterocycles. The lowest BCUT2D eigenvalue weighted by Crippen LogP contribution is -2.23. The van der Waals surface area contributed by atoms with E-state index < -0.39 is 0 Å². The number of halogens is 1. The maximum Gasteiger partial charge on any atom is 0.138 e. The Labute approximate surface area is 114 Å². The van der Waals surface area contributed by atoms with Crippen LogP contribution in [0.3, 0.4) is 0 Å². The predicted molar refractivity (Wildman–Crippen MR) is 74.9 cm³/mol. The molecule has 18 heavy (non-hydrogen) atoms. The Morgan fingerprint density at radius 3 is 2.83 bits per heavy atom. The fourth-order valence-electron chi connectivity index (χ4n) is 2.74. The van der Waals surface area contributed by atoms with Gasteiger partial charge in [0.1, 0.15) is 12.2 Å². The standard InChI is InChI=1S/C14H22ClN3/c1-10(2)18-13(16-9-17-18)6-11-5-12(15)8-14(3,4)7-11/h5,9-10,12H,6-8H2,1-4H3. The SMILES string of the molecule is CC(C)n1ncnc1CC1=CC(Cl)CC(C)(C)C1. The largest absolute Gasteiger partial charge is 0.247 e. The summed E-state index contributed by atoms with van der Waals surface area (Å²) in [6.45, 7) is 8.81.